The first kappa shape index (κ1) is 11.6. The lowest BCUT2D eigenvalue weighted by Gasteiger charge is -2.37. The Balaban J connectivity index is 1.82. The topological polar surface area (TPSA) is 72.8 Å². The summed E-state index contributed by atoms with van der Waals surface area (Å²) >= 11 is 0. The number of nitrogens with zero attached hydrogens (tertiary/aromatic N) is 1. The third-order valence-electron chi connectivity index (χ3n) is 3.71. The number of piperidine rings is 1. The smallest absolute Gasteiger partial charge is 0.254 e. The van der Waals surface area contributed by atoms with Crippen LogP contribution in [0.3, 0.4) is 0 Å². The summed E-state index contributed by atoms with van der Waals surface area (Å²) in [4.78, 5) is 13.9. The molecule has 3 N–H and O–H groups in total. The number of carbonyl (C=O) groups excluding carboxylic acids is 1. The lowest BCUT2D eigenvalue weighted by molar-refractivity contribution is -0.0477. The third kappa shape index (κ3) is 1.80. The number of carbonyl (C=O) groups is 1. The molecule has 0 aliphatic carbocycles. The van der Waals surface area contributed by atoms with Crippen molar-refractivity contribution in [3.05, 3.63) is 35.4 Å². The number of amides is 1. The molecule has 1 aromatic carbocycles. The van der Waals surface area contributed by atoms with Crippen LogP contribution >= 0.6 is 0 Å². The molecule has 18 heavy (non-hydrogen) atoms. The highest BCUT2D eigenvalue weighted by Crippen LogP contribution is 2.28. The van der Waals surface area contributed by atoms with Gasteiger partial charge in [0.25, 0.3) is 5.91 Å². The van der Waals surface area contributed by atoms with Gasteiger partial charge in [-0.1, -0.05) is 18.2 Å². The fourth-order valence-electron chi connectivity index (χ4n) is 2.75. The highest BCUT2D eigenvalue weighted by atomic mass is 16.3. The minimum atomic E-state index is -0.869. The molecule has 5 heteroatoms. The normalized spacial score (nSPS) is 31.6. The lowest BCUT2D eigenvalue weighted by atomic mass is 10.0. The van der Waals surface area contributed by atoms with Gasteiger partial charge in [-0.2, -0.15) is 0 Å². The molecule has 1 aromatic rings. The Kier molecular flexibility index (Phi) is 2.81. The number of rotatable bonds is 1. The van der Waals surface area contributed by atoms with Crippen LogP contribution in [-0.4, -0.2) is 39.5 Å². The van der Waals surface area contributed by atoms with Crippen LogP contribution in [0.4, 0.5) is 0 Å². The quantitative estimate of drug-likeness (QED) is 0.655. The zero-order chi connectivity index (χ0) is 12.7. The Bertz CT molecular complexity index is 477. The van der Waals surface area contributed by atoms with Gasteiger partial charge in [-0.25, -0.2) is 0 Å². The molecule has 5 nitrogen and oxygen atoms in total. The maximum atomic E-state index is 12.2. The second kappa shape index (κ2) is 4.35. The van der Waals surface area contributed by atoms with Crippen molar-refractivity contribution in [3.8, 4) is 0 Å². The molecule has 2 aliphatic rings. The molecule has 1 amide bonds. The monoisotopic (exact) mass is 248 g/mol. The Morgan fingerprint density at radius 2 is 2.00 bits per heavy atom. The number of hydrogen-bond donors (Lipinski definition) is 3. The predicted molar refractivity (Wildman–Crippen MR) is 64.5 cm³/mol. The van der Waals surface area contributed by atoms with Crippen LogP contribution in [0.25, 0.3) is 0 Å². The molecule has 96 valence electrons. The molecule has 3 rings (SSSR count). The number of hydrogen-bond acceptors (Lipinski definition) is 4. The fraction of sp³-hybridized carbons (Fsp3) is 0.462. The molecule has 0 bridgehead atoms. The summed E-state index contributed by atoms with van der Waals surface area (Å²) in [6, 6.07) is 7.24. The summed E-state index contributed by atoms with van der Waals surface area (Å²) in [5.74, 6) is -0.0344. The van der Waals surface area contributed by atoms with Crippen LogP contribution in [0.5, 0.6) is 0 Å². The standard InChI is InChI=1S/C13H16N2O3/c16-11-6-5-10(12(17)14-11)15-7-8-3-1-2-4-9(8)13(15)18/h1-4,10-12,14,16-17H,5-7H2. The summed E-state index contributed by atoms with van der Waals surface area (Å²) in [5, 5.41) is 22.0. The van der Waals surface area contributed by atoms with Gasteiger partial charge in [0.15, 0.2) is 0 Å². The maximum absolute atomic E-state index is 12.2. The van der Waals surface area contributed by atoms with E-state index in [9.17, 15) is 15.0 Å². The Labute approximate surface area is 105 Å². The van der Waals surface area contributed by atoms with Crippen molar-refractivity contribution in [2.75, 3.05) is 0 Å². The van der Waals surface area contributed by atoms with Crippen LogP contribution < -0.4 is 5.32 Å². The van der Waals surface area contributed by atoms with Gasteiger partial charge in [-0.05, 0) is 24.5 Å². The zero-order valence-electron chi connectivity index (χ0n) is 9.91. The van der Waals surface area contributed by atoms with E-state index in [4.69, 9.17) is 0 Å². The molecule has 1 fully saturated rings. The first-order chi connectivity index (χ1) is 8.66. The summed E-state index contributed by atoms with van der Waals surface area (Å²) in [7, 11) is 0. The van der Waals surface area contributed by atoms with Gasteiger partial charge in [0.05, 0.1) is 6.04 Å². The van der Waals surface area contributed by atoms with E-state index in [2.05, 4.69) is 5.32 Å². The number of nitrogens with one attached hydrogen (secondary N) is 1. The van der Waals surface area contributed by atoms with E-state index >= 15 is 0 Å². The van der Waals surface area contributed by atoms with Crippen molar-refractivity contribution in [1.82, 2.24) is 10.2 Å². The maximum Gasteiger partial charge on any atom is 0.254 e. The van der Waals surface area contributed by atoms with E-state index in [0.29, 0.717) is 19.4 Å². The van der Waals surface area contributed by atoms with Crippen LogP contribution in [0, 0.1) is 0 Å². The van der Waals surface area contributed by atoms with E-state index in [1.165, 1.54) is 0 Å². The van der Waals surface area contributed by atoms with Crippen molar-refractivity contribution in [1.29, 1.82) is 0 Å². The second-order valence-corrected chi connectivity index (χ2v) is 4.86. The van der Waals surface area contributed by atoms with Crippen molar-refractivity contribution in [2.45, 2.75) is 37.9 Å². The fourth-order valence-corrected chi connectivity index (χ4v) is 2.75. The average Bonchev–Trinajstić information content (AvgIpc) is 2.68. The van der Waals surface area contributed by atoms with Crippen molar-refractivity contribution >= 4 is 5.91 Å². The molecular formula is C13H16N2O3. The van der Waals surface area contributed by atoms with Crippen molar-refractivity contribution < 1.29 is 15.0 Å². The molecule has 2 heterocycles. The van der Waals surface area contributed by atoms with Crippen LogP contribution in [-0.2, 0) is 6.54 Å². The summed E-state index contributed by atoms with van der Waals surface area (Å²) in [5.41, 5.74) is 1.72. The summed E-state index contributed by atoms with van der Waals surface area (Å²) < 4.78 is 0. The van der Waals surface area contributed by atoms with Gasteiger partial charge in [0, 0.05) is 12.1 Å². The molecule has 0 saturated carbocycles. The second-order valence-electron chi connectivity index (χ2n) is 4.86. The van der Waals surface area contributed by atoms with Crippen LogP contribution in [0.2, 0.25) is 0 Å². The van der Waals surface area contributed by atoms with Gasteiger partial charge in [-0.15, -0.1) is 0 Å². The van der Waals surface area contributed by atoms with Crippen LogP contribution in [0.15, 0.2) is 24.3 Å². The first-order valence-corrected chi connectivity index (χ1v) is 6.18. The molecule has 3 atom stereocenters. The molecule has 2 aliphatic heterocycles. The summed E-state index contributed by atoms with van der Waals surface area (Å²) in [6.45, 7) is 0.536. The number of aliphatic hydroxyl groups is 2. The highest BCUT2D eigenvalue weighted by molar-refractivity contribution is 5.98. The van der Waals surface area contributed by atoms with E-state index in [1.807, 2.05) is 24.3 Å². The third-order valence-corrected chi connectivity index (χ3v) is 3.71. The molecule has 0 aromatic heterocycles. The van der Waals surface area contributed by atoms with Crippen molar-refractivity contribution in [2.24, 2.45) is 0 Å². The predicted octanol–water partition coefficient (Wildman–Crippen LogP) is 0.0312. The molecular weight excluding hydrogens is 232 g/mol. The highest BCUT2D eigenvalue weighted by Gasteiger charge is 2.38. The van der Waals surface area contributed by atoms with Gasteiger partial charge in [-0.3, -0.25) is 10.1 Å². The lowest BCUT2D eigenvalue weighted by Crippen LogP contribution is -2.56. The minimum Gasteiger partial charge on any atom is -0.379 e. The first-order valence-electron chi connectivity index (χ1n) is 6.18. The molecule has 1 saturated heterocycles. The number of benzene rings is 1. The number of fused-ring (bicyclic) bond motifs is 1. The van der Waals surface area contributed by atoms with Gasteiger partial charge >= 0.3 is 0 Å². The average molecular weight is 248 g/mol. The molecule has 0 spiro atoms. The van der Waals surface area contributed by atoms with E-state index in [0.717, 1.165) is 11.1 Å². The summed E-state index contributed by atoms with van der Waals surface area (Å²) in [6.07, 6.45) is -0.403. The van der Waals surface area contributed by atoms with Crippen LogP contribution in [0.1, 0.15) is 28.8 Å². The van der Waals surface area contributed by atoms with Crippen molar-refractivity contribution in [3.63, 3.8) is 0 Å². The molecule has 0 radical (unpaired) electrons. The number of aliphatic hydroxyl groups excluding tert-OH is 2. The molecule has 3 unspecified atom stereocenters. The van der Waals surface area contributed by atoms with Gasteiger partial charge in [0.1, 0.15) is 12.5 Å². The zero-order valence-corrected chi connectivity index (χ0v) is 9.91. The van der Waals surface area contributed by atoms with E-state index in [-0.39, 0.29) is 11.9 Å². The van der Waals surface area contributed by atoms with E-state index in [1.54, 1.807) is 4.90 Å². The van der Waals surface area contributed by atoms with Gasteiger partial charge < -0.3 is 15.1 Å². The van der Waals surface area contributed by atoms with E-state index < -0.39 is 12.5 Å². The van der Waals surface area contributed by atoms with Gasteiger partial charge in [0.2, 0.25) is 0 Å². The Morgan fingerprint density at radius 1 is 1.22 bits per heavy atom. The minimum absolute atomic E-state index is 0.0344. The SMILES string of the molecule is O=C1c2ccccc2CN1C1CCC(O)NC1O. The largest absolute Gasteiger partial charge is 0.379 e. The Morgan fingerprint density at radius 3 is 2.72 bits per heavy atom. The Hall–Kier alpha value is -1.43.